The van der Waals surface area contributed by atoms with Gasteiger partial charge >= 0.3 is 0 Å². The lowest BCUT2D eigenvalue weighted by Gasteiger charge is -2.28. The summed E-state index contributed by atoms with van der Waals surface area (Å²) in [6.45, 7) is 5.45. The maximum Gasteiger partial charge on any atom is 0.0543 e. The van der Waals surface area contributed by atoms with Crippen molar-refractivity contribution in [2.75, 3.05) is 26.3 Å². The van der Waals surface area contributed by atoms with Gasteiger partial charge in [-0.3, -0.25) is 9.88 Å². The van der Waals surface area contributed by atoms with Crippen LogP contribution in [0.2, 0.25) is 0 Å². The van der Waals surface area contributed by atoms with Crippen LogP contribution < -0.4 is 0 Å². The molecule has 0 aromatic carbocycles. The van der Waals surface area contributed by atoms with Crippen LogP contribution in [-0.4, -0.2) is 36.2 Å². The summed E-state index contributed by atoms with van der Waals surface area (Å²) in [6.07, 6.45) is 8.84. The zero-order chi connectivity index (χ0) is 14.1. The Kier molecular flexibility index (Phi) is 3.72. The zero-order valence-corrected chi connectivity index (χ0v) is 12.8. The lowest BCUT2D eigenvalue weighted by Crippen LogP contribution is -2.32. The van der Waals surface area contributed by atoms with Gasteiger partial charge in [-0.15, -0.1) is 0 Å². The molecule has 0 N–H and O–H groups in total. The summed E-state index contributed by atoms with van der Waals surface area (Å²) in [5.41, 5.74) is 1.65. The fraction of sp³-hybridized carbons (Fsp3) is 0.722. The number of hydrogen-bond acceptors (Lipinski definition) is 3. The lowest BCUT2D eigenvalue weighted by molar-refractivity contribution is 0.0309. The van der Waals surface area contributed by atoms with Crippen LogP contribution >= 0.6 is 0 Å². The highest BCUT2D eigenvalue weighted by Crippen LogP contribution is 2.49. The summed E-state index contributed by atoms with van der Waals surface area (Å²) in [5.74, 6) is 1.73. The van der Waals surface area contributed by atoms with Crippen molar-refractivity contribution < 1.29 is 4.74 Å². The van der Waals surface area contributed by atoms with Crippen molar-refractivity contribution in [3.8, 4) is 0 Å². The molecule has 0 spiro atoms. The first-order valence-corrected chi connectivity index (χ1v) is 8.54. The minimum absolute atomic E-state index is 0.448. The molecule has 4 rings (SSSR count). The average Bonchev–Trinajstić information content (AvgIpc) is 3.13. The van der Waals surface area contributed by atoms with E-state index in [9.17, 15) is 0 Å². The van der Waals surface area contributed by atoms with Crippen LogP contribution in [0.5, 0.6) is 0 Å². The molecule has 3 fully saturated rings. The van der Waals surface area contributed by atoms with Gasteiger partial charge in [0.05, 0.1) is 12.3 Å². The largest absolute Gasteiger partial charge is 0.381 e. The molecule has 1 saturated heterocycles. The predicted octanol–water partition coefficient (Wildman–Crippen LogP) is 3.11. The minimum Gasteiger partial charge on any atom is -0.381 e. The molecule has 114 valence electrons. The molecule has 3 aliphatic rings. The van der Waals surface area contributed by atoms with E-state index in [2.05, 4.69) is 22.0 Å². The Morgan fingerprint density at radius 1 is 1.29 bits per heavy atom. The lowest BCUT2D eigenvalue weighted by atomic mass is 9.81. The quantitative estimate of drug-likeness (QED) is 0.803. The molecule has 0 amide bonds. The van der Waals surface area contributed by atoms with E-state index < -0.39 is 0 Å². The topological polar surface area (TPSA) is 25.4 Å². The van der Waals surface area contributed by atoms with Crippen molar-refractivity contribution in [2.45, 2.75) is 38.6 Å². The molecule has 1 aliphatic heterocycles. The van der Waals surface area contributed by atoms with Crippen LogP contribution in [0.15, 0.2) is 24.4 Å². The van der Waals surface area contributed by atoms with Crippen LogP contribution in [0.4, 0.5) is 0 Å². The standard InChI is InChI=1S/C18H26N2O/c1-2-9-19-17(5-1)11-20-10-16-4-3-8-18(16,13-20)14-21-12-15-6-7-15/h1-2,5,9,15-16H,3-4,6-8,10-14H2/t16-,18+/m1/s1. The van der Waals surface area contributed by atoms with Crippen LogP contribution in [0.25, 0.3) is 0 Å². The summed E-state index contributed by atoms with van der Waals surface area (Å²) in [5, 5.41) is 0. The molecular formula is C18H26N2O. The van der Waals surface area contributed by atoms with Crippen molar-refractivity contribution in [1.29, 1.82) is 0 Å². The van der Waals surface area contributed by atoms with E-state index >= 15 is 0 Å². The summed E-state index contributed by atoms with van der Waals surface area (Å²) in [7, 11) is 0. The zero-order valence-electron chi connectivity index (χ0n) is 12.8. The number of hydrogen-bond donors (Lipinski definition) is 0. The van der Waals surface area contributed by atoms with Gasteiger partial charge < -0.3 is 4.74 Å². The molecule has 0 unspecified atom stereocenters. The third-order valence-electron chi connectivity index (χ3n) is 5.66. The molecule has 0 radical (unpaired) electrons. The Morgan fingerprint density at radius 3 is 3.05 bits per heavy atom. The first kappa shape index (κ1) is 13.7. The molecular weight excluding hydrogens is 260 g/mol. The highest BCUT2D eigenvalue weighted by molar-refractivity contribution is 5.06. The molecule has 3 heteroatoms. The second-order valence-corrected chi connectivity index (χ2v) is 7.40. The molecule has 0 bridgehead atoms. The van der Waals surface area contributed by atoms with Crippen LogP contribution in [0.3, 0.4) is 0 Å². The van der Waals surface area contributed by atoms with E-state index in [4.69, 9.17) is 4.74 Å². The molecule has 21 heavy (non-hydrogen) atoms. The van der Waals surface area contributed by atoms with Gasteiger partial charge in [-0.05, 0) is 49.7 Å². The normalized spacial score (nSPS) is 32.5. The second-order valence-electron chi connectivity index (χ2n) is 7.40. The minimum atomic E-state index is 0.448. The van der Waals surface area contributed by atoms with Gasteiger partial charge in [0.1, 0.15) is 0 Å². The number of fused-ring (bicyclic) bond motifs is 1. The number of likely N-dealkylation sites (tertiary alicyclic amines) is 1. The SMILES string of the molecule is c1ccc(CN2C[C@H]3CCC[C@@]3(COCC3CC3)C2)nc1. The Labute approximate surface area is 127 Å². The first-order valence-electron chi connectivity index (χ1n) is 8.54. The summed E-state index contributed by atoms with van der Waals surface area (Å²) in [6, 6.07) is 6.23. The first-order chi connectivity index (χ1) is 10.3. The summed E-state index contributed by atoms with van der Waals surface area (Å²) >= 11 is 0. The number of nitrogens with zero attached hydrogens (tertiary/aromatic N) is 2. The van der Waals surface area contributed by atoms with Crippen molar-refractivity contribution in [2.24, 2.45) is 17.3 Å². The predicted molar refractivity (Wildman–Crippen MR) is 82.8 cm³/mol. The van der Waals surface area contributed by atoms with Crippen molar-refractivity contribution in [3.63, 3.8) is 0 Å². The number of aromatic nitrogens is 1. The van der Waals surface area contributed by atoms with E-state index in [0.29, 0.717) is 5.41 Å². The number of pyridine rings is 1. The number of ether oxygens (including phenoxy) is 1. The Morgan fingerprint density at radius 2 is 2.24 bits per heavy atom. The van der Waals surface area contributed by atoms with Crippen LogP contribution in [-0.2, 0) is 11.3 Å². The van der Waals surface area contributed by atoms with Gasteiger partial charge in [0.2, 0.25) is 0 Å². The molecule has 2 aliphatic carbocycles. The fourth-order valence-electron chi connectivity index (χ4n) is 4.32. The monoisotopic (exact) mass is 286 g/mol. The van der Waals surface area contributed by atoms with E-state index in [1.165, 1.54) is 50.9 Å². The van der Waals surface area contributed by atoms with E-state index in [0.717, 1.165) is 31.6 Å². The fourth-order valence-corrected chi connectivity index (χ4v) is 4.32. The van der Waals surface area contributed by atoms with Gasteiger partial charge in [-0.25, -0.2) is 0 Å². The van der Waals surface area contributed by atoms with Crippen LogP contribution in [0, 0.1) is 17.3 Å². The van der Waals surface area contributed by atoms with Gasteiger partial charge in [0.25, 0.3) is 0 Å². The highest BCUT2D eigenvalue weighted by atomic mass is 16.5. The summed E-state index contributed by atoms with van der Waals surface area (Å²) in [4.78, 5) is 7.08. The molecule has 3 nitrogen and oxygen atoms in total. The third-order valence-corrected chi connectivity index (χ3v) is 5.66. The third kappa shape index (κ3) is 3.00. The van der Waals surface area contributed by atoms with Crippen molar-refractivity contribution in [1.82, 2.24) is 9.88 Å². The van der Waals surface area contributed by atoms with Gasteiger partial charge in [-0.1, -0.05) is 12.5 Å². The molecule has 2 heterocycles. The smallest absolute Gasteiger partial charge is 0.0543 e. The maximum absolute atomic E-state index is 6.10. The average molecular weight is 286 g/mol. The van der Waals surface area contributed by atoms with E-state index in [1.807, 2.05) is 12.3 Å². The Bertz CT molecular complexity index is 473. The van der Waals surface area contributed by atoms with Gasteiger partial charge in [0.15, 0.2) is 0 Å². The summed E-state index contributed by atoms with van der Waals surface area (Å²) < 4.78 is 6.10. The van der Waals surface area contributed by atoms with E-state index in [1.54, 1.807) is 0 Å². The Hall–Kier alpha value is -0.930. The van der Waals surface area contributed by atoms with Crippen molar-refractivity contribution in [3.05, 3.63) is 30.1 Å². The molecule has 2 saturated carbocycles. The van der Waals surface area contributed by atoms with Gasteiger partial charge in [0, 0.05) is 37.9 Å². The second kappa shape index (κ2) is 5.69. The number of rotatable bonds is 6. The van der Waals surface area contributed by atoms with Crippen LogP contribution in [0.1, 0.15) is 37.8 Å². The molecule has 1 aromatic heterocycles. The maximum atomic E-state index is 6.10. The van der Waals surface area contributed by atoms with Gasteiger partial charge in [-0.2, -0.15) is 0 Å². The van der Waals surface area contributed by atoms with E-state index in [-0.39, 0.29) is 0 Å². The Balaban J connectivity index is 1.36. The molecule has 1 aromatic rings. The molecule has 2 atom stereocenters. The van der Waals surface area contributed by atoms with Crippen molar-refractivity contribution >= 4 is 0 Å². The highest BCUT2D eigenvalue weighted by Gasteiger charge is 2.49.